The van der Waals surface area contributed by atoms with Gasteiger partial charge in [0.05, 0.1) is 11.4 Å². The fraction of sp³-hybridized carbons (Fsp3) is 0.0435. The van der Waals surface area contributed by atoms with Crippen LogP contribution in [-0.2, 0) is 0 Å². The maximum atomic E-state index is 13.9. The number of nitrogens with zero attached hydrogens (tertiary/aromatic N) is 4. The molecular weight excluding hydrogens is 427 g/mol. The van der Waals surface area contributed by atoms with E-state index in [0.717, 1.165) is 16.8 Å². The van der Waals surface area contributed by atoms with Crippen molar-refractivity contribution in [3.05, 3.63) is 83.1 Å². The van der Waals surface area contributed by atoms with Gasteiger partial charge in [0.15, 0.2) is 5.65 Å². The van der Waals surface area contributed by atoms with Gasteiger partial charge in [-0.3, -0.25) is 5.32 Å². The fourth-order valence-corrected chi connectivity index (χ4v) is 3.99. The number of rotatable bonds is 4. The van der Waals surface area contributed by atoms with Crippen LogP contribution in [0.2, 0.25) is 0 Å². The van der Waals surface area contributed by atoms with Crippen molar-refractivity contribution in [1.29, 1.82) is 0 Å². The van der Waals surface area contributed by atoms with E-state index in [2.05, 4.69) is 20.7 Å². The van der Waals surface area contributed by atoms with Crippen molar-refractivity contribution in [3.8, 4) is 22.5 Å². The molecule has 0 saturated heterocycles. The summed E-state index contributed by atoms with van der Waals surface area (Å²) in [6.07, 6.45) is 3.28. The molecule has 0 radical (unpaired) electrons. The number of benzene rings is 1. The van der Waals surface area contributed by atoms with Crippen LogP contribution >= 0.6 is 11.3 Å². The Kier molecular flexibility index (Phi) is 5.08. The van der Waals surface area contributed by atoms with Gasteiger partial charge in [0.25, 0.3) is 0 Å². The summed E-state index contributed by atoms with van der Waals surface area (Å²) in [5, 5.41) is 13.7. The first-order chi connectivity index (χ1) is 15.6. The first-order valence-electron chi connectivity index (χ1n) is 9.75. The van der Waals surface area contributed by atoms with Crippen molar-refractivity contribution < 1.29 is 9.18 Å². The molecule has 7 nitrogen and oxygen atoms in total. The third-order valence-electron chi connectivity index (χ3n) is 4.88. The molecule has 4 heterocycles. The molecule has 32 heavy (non-hydrogen) atoms. The normalized spacial score (nSPS) is 10.9. The van der Waals surface area contributed by atoms with Crippen molar-refractivity contribution >= 4 is 34.5 Å². The summed E-state index contributed by atoms with van der Waals surface area (Å²) in [7, 11) is 0. The lowest BCUT2D eigenvalue weighted by molar-refractivity contribution is 0.262. The van der Waals surface area contributed by atoms with Crippen LogP contribution in [0.15, 0.2) is 71.7 Å². The number of hydrogen-bond donors (Lipinski definition) is 2. The van der Waals surface area contributed by atoms with Crippen molar-refractivity contribution in [2.45, 2.75) is 6.92 Å². The largest absolute Gasteiger partial charge is 0.324 e. The first kappa shape index (κ1) is 19.8. The van der Waals surface area contributed by atoms with Crippen LogP contribution in [0.5, 0.6) is 0 Å². The Morgan fingerprint density at radius 3 is 2.78 bits per heavy atom. The third kappa shape index (κ3) is 3.81. The molecule has 0 bridgehead atoms. The molecule has 0 atom stereocenters. The van der Waals surface area contributed by atoms with E-state index in [1.165, 1.54) is 17.4 Å². The summed E-state index contributed by atoms with van der Waals surface area (Å²) in [6.45, 7) is 1.72. The minimum absolute atomic E-state index is 0.274. The highest BCUT2D eigenvalue weighted by Gasteiger charge is 2.18. The molecule has 2 amide bonds. The highest BCUT2D eigenvalue weighted by Crippen LogP contribution is 2.33. The number of amides is 2. The van der Waals surface area contributed by atoms with Gasteiger partial charge in [0, 0.05) is 28.9 Å². The van der Waals surface area contributed by atoms with Crippen LogP contribution in [0.3, 0.4) is 0 Å². The van der Waals surface area contributed by atoms with Crippen molar-refractivity contribution in [2.24, 2.45) is 0 Å². The molecule has 0 aliphatic rings. The zero-order valence-electron chi connectivity index (χ0n) is 16.9. The minimum atomic E-state index is -0.390. The molecule has 0 unspecified atom stereocenters. The molecule has 0 saturated carbocycles. The number of anilines is 2. The number of thiophene rings is 1. The van der Waals surface area contributed by atoms with Gasteiger partial charge < -0.3 is 5.32 Å². The average molecular weight is 444 g/mol. The summed E-state index contributed by atoms with van der Waals surface area (Å²) < 4.78 is 15.6. The summed E-state index contributed by atoms with van der Waals surface area (Å²) in [5.74, 6) is 0.103. The van der Waals surface area contributed by atoms with E-state index in [1.54, 1.807) is 48.1 Å². The van der Waals surface area contributed by atoms with Gasteiger partial charge in [0.1, 0.15) is 17.3 Å². The second kappa shape index (κ2) is 8.20. The fourth-order valence-electron chi connectivity index (χ4n) is 3.40. The first-order valence-corrected chi connectivity index (χ1v) is 10.7. The van der Waals surface area contributed by atoms with Gasteiger partial charge in [-0.15, -0.1) is 0 Å². The molecule has 0 fully saturated rings. The van der Waals surface area contributed by atoms with Crippen molar-refractivity contribution in [3.63, 3.8) is 0 Å². The maximum Gasteiger partial charge on any atom is 0.324 e. The quantitative estimate of drug-likeness (QED) is 0.377. The van der Waals surface area contributed by atoms with E-state index in [4.69, 9.17) is 4.98 Å². The van der Waals surface area contributed by atoms with E-state index in [-0.39, 0.29) is 5.82 Å². The zero-order chi connectivity index (χ0) is 22.1. The van der Waals surface area contributed by atoms with Gasteiger partial charge >= 0.3 is 6.03 Å². The molecule has 9 heteroatoms. The number of aromatic nitrogens is 4. The zero-order valence-corrected chi connectivity index (χ0v) is 17.7. The lowest BCUT2D eigenvalue weighted by Gasteiger charge is -2.09. The maximum absolute atomic E-state index is 13.9. The second-order valence-corrected chi connectivity index (χ2v) is 7.87. The van der Waals surface area contributed by atoms with Gasteiger partial charge in [-0.2, -0.15) is 16.4 Å². The number of pyridine rings is 1. The Morgan fingerprint density at radius 1 is 1.06 bits per heavy atom. The second-order valence-electron chi connectivity index (χ2n) is 7.09. The van der Waals surface area contributed by atoms with Crippen LogP contribution in [-0.4, -0.2) is 25.6 Å². The topological polar surface area (TPSA) is 84.2 Å². The molecular formula is C23H17FN6OS. The Morgan fingerprint density at radius 2 is 1.97 bits per heavy atom. The predicted octanol–water partition coefficient (Wildman–Crippen LogP) is 5.61. The molecule has 5 rings (SSSR count). The van der Waals surface area contributed by atoms with E-state index in [1.807, 2.05) is 29.0 Å². The number of urea groups is 1. The van der Waals surface area contributed by atoms with Crippen LogP contribution in [0, 0.1) is 12.7 Å². The number of imidazole rings is 1. The number of carbonyl (C=O) groups excluding carboxylic acids is 1. The minimum Gasteiger partial charge on any atom is -0.307 e. The van der Waals surface area contributed by atoms with Gasteiger partial charge in [-0.05, 0) is 66.4 Å². The van der Waals surface area contributed by atoms with E-state index >= 15 is 0 Å². The summed E-state index contributed by atoms with van der Waals surface area (Å²) >= 11 is 1.49. The van der Waals surface area contributed by atoms with Crippen molar-refractivity contribution in [1.82, 2.24) is 19.6 Å². The standard InChI is InChI=1S/C23H17FN6OS/c1-14-11-15(4-5-18(14)24)21-22(30-20(29-21)3-2-8-26-30)16-6-9-25-19(12-16)28-23(31)27-17-7-10-32-13-17/h2-13H,1H3,(H2,25,27,28,31). The molecule has 0 aliphatic heterocycles. The third-order valence-corrected chi connectivity index (χ3v) is 5.56. The highest BCUT2D eigenvalue weighted by atomic mass is 32.1. The molecule has 0 aliphatic carbocycles. The highest BCUT2D eigenvalue weighted by molar-refractivity contribution is 7.08. The van der Waals surface area contributed by atoms with Crippen LogP contribution < -0.4 is 10.6 Å². The summed E-state index contributed by atoms with van der Waals surface area (Å²) in [6, 6.07) is 13.5. The monoisotopic (exact) mass is 444 g/mol. The molecule has 4 aromatic heterocycles. The van der Waals surface area contributed by atoms with Gasteiger partial charge in [-0.1, -0.05) is 0 Å². The van der Waals surface area contributed by atoms with Crippen LogP contribution in [0.25, 0.3) is 28.2 Å². The lowest BCUT2D eigenvalue weighted by Crippen LogP contribution is -2.19. The molecule has 1 aromatic carbocycles. The summed E-state index contributed by atoms with van der Waals surface area (Å²) in [4.78, 5) is 21.3. The Bertz CT molecular complexity index is 1430. The summed E-state index contributed by atoms with van der Waals surface area (Å²) in [5.41, 5.74) is 4.80. The van der Waals surface area contributed by atoms with E-state index in [0.29, 0.717) is 28.4 Å². The Balaban J connectivity index is 1.56. The van der Waals surface area contributed by atoms with Gasteiger partial charge in [0.2, 0.25) is 0 Å². The number of hydrogen-bond acceptors (Lipinski definition) is 5. The molecule has 0 spiro atoms. The predicted molar refractivity (Wildman–Crippen MR) is 123 cm³/mol. The number of halogens is 1. The number of fused-ring (bicyclic) bond motifs is 1. The van der Waals surface area contributed by atoms with E-state index in [9.17, 15) is 9.18 Å². The Labute approximate surface area is 186 Å². The molecule has 158 valence electrons. The number of aryl methyl sites for hydroxylation is 1. The lowest BCUT2D eigenvalue weighted by atomic mass is 10.0. The molecule has 2 N–H and O–H groups in total. The van der Waals surface area contributed by atoms with Crippen LogP contribution in [0.4, 0.5) is 20.7 Å². The SMILES string of the molecule is Cc1cc(-c2nc3cccnn3c2-c2ccnc(NC(=O)Nc3ccsc3)c2)ccc1F. The average Bonchev–Trinajstić information content (AvgIpc) is 3.43. The van der Waals surface area contributed by atoms with Gasteiger partial charge in [-0.25, -0.2) is 23.7 Å². The Hall–Kier alpha value is -4.11. The molecule has 5 aromatic rings. The number of nitrogens with one attached hydrogen (secondary N) is 2. The smallest absolute Gasteiger partial charge is 0.307 e. The van der Waals surface area contributed by atoms with Crippen molar-refractivity contribution in [2.75, 3.05) is 10.6 Å². The van der Waals surface area contributed by atoms with E-state index < -0.39 is 6.03 Å². The number of carbonyl (C=O) groups is 1. The van der Waals surface area contributed by atoms with Crippen LogP contribution in [0.1, 0.15) is 5.56 Å².